The molecule has 4 rings (SSSR count). The van der Waals surface area contributed by atoms with Crippen LogP contribution in [-0.4, -0.2) is 17.5 Å². The number of hydrogen-bond acceptors (Lipinski definition) is 2. The number of rotatable bonds is 1. The van der Waals surface area contributed by atoms with Crippen LogP contribution < -0.4 is 0 Å². The van der Waals surface area contributed by atoms with Crippen LogP contribution in [0.1, 0.15) is 65.2 Å². The predicted octanol–water partition coefficient (Wildman–Crippen LogP) is 4.13. The highest BCUT2D eigenvalue weighted by atomic mass is 16.3. The van der Waals surface area contributed by atoms with Crippen LogP contribution in [0.4, 0.5) is 0 Å². The lowest BCUT2D eigenvalue weighted by molar-refractivity contribution is -0.194. The maximum atomic E-state index is 12.5. The van der Waals surface area contributed by atoms with Gasteiger partial charge in [0.2, 0.25) is 0 Å². The van der Waals surface area contributed by atoms with Crippen LogP contribution in [0.5, 0.6) is 0 Å². The lowest BCUT2D eigenvalue weighted by Crippen LogP contribution is -2.65. The van der Waals surface area contributed by atoms with Crippen molar-refractivity contribution < 1.29 is 9.90 Å². The minimum atomic E-state index is 0.0896. The molecule has 0 saturated heterocycles. The van der Waals surface area contributed by atoms with Crippen LogP contribution in [0.3, 0.4) is 0 Å². The fourth-order valence-electron chi connectivity index (χ4n) is 7.60. The number of aliphatic hydroxyl groups excluding tert-OH is 1. The summed E-state index contributed by atoms with van der Waals surface area (Å²) >= 11 is 0. The van der Waals surface area contributed by atoms with Gasteiger partial charge in [0.15, 0.2) is 0 Å². The normalized spacial score (nSPS) is 54.0. The van der Waals surface area contributed by atoms with Crippen molar-refractivity contribution in [1.29, 1.82) is 0 Å². The van der Waals surface area contributed by atoms with E-state index in [0.717, 1.165) is 19.3 Å². The third-order valence-corrected chi connectivity index (χ3v) is 8.39. The zero-order valence-corrected chi connectivity index (χ0v) is 14.2. The number of Topliss-reactive ketones (excluding diaryl/α,β-unsaturated/α-hetero) is 1. The van der Waals surface area contributed by atoms with Crippen molar-refractivity contribution in [1.82, 2.24) is 0 Å². The topological polar surface area (TPSA) is 37.3 Å². The summed E-state index contributed by atoms with van der Waals surface area (Å²) in [7, 11) is 0. The summed E-state index contributed by atoms with van der Waals surface area (Å²) in [4.78, 5) is 12.5. The molecule has 2 heteroatoms. The van der Waals surface area contributed by atoms with Gasteiger partial charge in [0, 0.05) is 18.9 Å². The van der Waals surface area contributed by atoms with E-state index in [9.17, 15) is 9.90 Å². The van der Waals surface area contributed by atoms with Crippen molar-refractivity contribution in [3.05, 3.63) is 12.2 Å². The standard InChI is InChI=1S/C20H30O2/c1-13-11-20-10-7-15-18(2,12-21)8-4-9-19(15,3)16(20)6-5-14(22)17(13)20/h15-17,21H,1,4-12H2,2-3H3/t15-,16+,17-,18+,19-,20-/m1/s1. The molecule has 4 aliphatic carbocycles. The summed E-state index contributed by atoms with van der Waals surface area (Å²) in [6, 6.07) is 0. The molecule has 6 atom stereocenters. The lowest BCUT2D eigenvalue weighted by Gasteiger charge is -2.70. The number of allylic oxidation sites excluding steroid dienone is 1. The van der Waals surface area contributed by atoms with E-state index in [4.69, 9.17) is 0 Å². The molecule has 0 aliphatic heterocycles. The SMILES string of the molecule is C=C1C[C@]23CC[C@@H]4[C@](C)(CO)CCC[C@@]4(C)[C@@H]2CCC(=O)[C@@H]13. The van der Waals surface area contributed by atoms with Gasteiger partial charge in [-0.05, 0) is 66.6 Å². The predicted molar refractivity (Wildman–Crippen MR) is 87.3 cm³/mol. The smallest absolute Gasteiger partial charge is 0.140 e. The number of ketones is 1. The minimum Gasteiger partial charge on any atom is -0.396 e. The van der Waals surface area contributed by atoms with Gasteiger partial charge >= 0.3 is 0 Å². The molecule has 0 heterocycles. The Morgan fingerprint density at radius 1 is 1.18 bits per heavy atom. The number of carbonyl (C=O) groups excluding carboxylic acids is 1. The van der Waals surface area contributed by atoms with Gasteiger partial charge in [-0.25, -0.2) is 0 Å². The Bertz CT molecular complexity index is 538. The zero-order chi connectivity index (χ0) is 15.8. The molecule has 4 fully saturated rings. The van der Waals surface area contributed by atoms with Crippen LogP contribution in [0.25, 0.3) is 0 Å². The summed E-state index contributed by atoms with van der Waals surface area (Å²) < 4.78 is 0. The first-order valence-electron chi connectivity index (χ1n) is 9.19. The third kappa shape index (κ3) is 1.58. The van der Waals surface area contributed by atoms with Crippen molar-refractivity contribution in [2.45, 2.75) is 65.2 Å². The van der Waals surface area contributed by atoms with Gasteiger partial charge < -0.3 is 5.11 Å². The molecule has 0 bridgehead atoms. The van der Waals surface area contributed by atoms with Crippen LogP contribution in [0, 0.1) is 34.0 Å². The van der Waals surface area contributed by atoms with Gasteiger partial charge in [0.25, 0.3) is 0 Å². The maximum Gasteiger partial charge on any atom is 0.140 e. The maximum absolute atomic E-state index is 12.5. The fourth-order valence-corrected chi connectivity index (χ4v) is 7.60. The van der Waals surface area contributed by atoms with E-state index in [1.54, 1.807) is 0 Å². The molecule has 4 aliphatic rings. The van der Waals surface area contributed by atoms with Gasteiger partial charge in [-0.15, -0.1) is 0 Å². The van der Waals surface area contributed by atoms with Gasteiger partial charge in [0.05, 0.1) is 0 Å². The van der Waals surface area contributed by atoms with E-state index in [-0.39, 0.29) is 16.7 Å². The van der Waals surface area contributed by atoms with Crippen molar-refractivity contribution in [3.63, 3.8) is 0 Å². The Hall–Kier alpha value is -0.630. The second-order valence-electron chi connectivity index (χ2n) is 9.32. The molecule has 0 unspecified atom stereocenters. The quantitative estimate of drug-likeness (QED) is 0.740. The van der Waals surface area contributed by atoms with Crippen LogP contribution in [0.2, 0.25) is 0 Å². The molecule has 0 radical (unpaired) electrons. The summed E-state index contributed by atoms with van der Waals surface area (Å²) in [5.41, 5.74) is 1.85. The van der Waals surface area contributed by atoms with Crippen LogP contribution >= 0.6 is 0 Å². The second kappa shape index (κ2) is 4.47. The molecule has 0 aromatic rings. The molecular formula is C20H30O2. The molecule has 0 amide bonds. The monoisotopic (exact) mass is 302 g/mol. The molecule has 1 spiro atoms. The first-order valence-corrected chi connectivity index (χ1v) is 9.19. The highest BCUT2D eigenvalue weighted by molar-refractivity contribution is 5.87. The third-order valence-electron chi connectivity index (χ3n) is 8.39. The molecule has 122 valence electrons. The Balaban J connectivity index is 1.75. The van der Waals surface area contributed by atoms with Gasteiger partial charge in [0.1, 0.15) is 5.78 Å². The number of hydrogen-bond donors (Lipinski definition) is 1. The van der Waals surface area contributed by atoms with E-state index >= 15 is 0 Å². The van der Waals surface area contributed by atoms with E-state index in [1.165, 1.54) is 37.7 Å². The zero-order valence-electron chi connectivity index (χ0n) is 14.2. The Kier molecular flexibility index (Phi) is 3.03. The first-order chi connectivity index (χ1) is 10.4. The average Bonchev–Trinajstić information content (AvgIpc) is 2.45. The highest BCUT2D eigenvalue weighted by Gasteiger charge is 2.68. The van der Waals surface area contributed by atoms with Crippen molar-refractivity contribution in [2.75, 3.05) is 6.61 Å². The van der Waals surface area contributed by atoms with E-state index < -0.39 is 0 Å². The molecule has 1 N–H and O–H groups in total. The lowest BCUT2D eigenvalue weighted by atomic mass is 9.34. The molecule has 4 saturated carbocycles. The second-order valence-corrected chi connectivity index (χ2v) is 9.32. The molecule has 0 aromatic heterocycles. The summed E-state index contributed by atoms with van der Waals surface area (Å²) in [6.07, 6.45) is 8.99. The molecule has 22 heavy (non-hydrogen) atoms. The fraction of sp³-hybridized carbons (Fsp3) is 0.850. The van der Waals surface area contributed by atoms with Crippen molar-refractivity contribution >= 4 is 5.78 Å². The summed E-state index contributed by atoms with van der Waals surface area (Å²) in [6.45, 7) is 9.31. The Morgan fingerprint density at radius 2 is 1.95 bits per heavy atom. The Morgan fingerprint density at radius 3 is 2.64 bits per heavy atom. The van der Waals surface area contributed by atoms with Gasteiger partial charge in [-0.3, -0.25) is 4.79 Å². The van der Waals surface area contributed by atoms with E-state index in [2.05, 4.69) is 20.4 Å². The van der Waals surface area contributed by atoms with Gasteiger partial charge in [-0.2, -0.15) is 0 Å². The molecular weight excluding hydrogens is 272 g/mol. The van der Waals surface area contributed by atoms with Gasteiger partial charge in [-0.1, -0.05) is 32.4 Å². The van der Waals surface area contributed by atoms with Crippen molar-refractivity contribution in [2.24, 2.45) is 34.0 Å². The number of carbonyl (C=O) groups is 1. The highest BCUT2D eigenvalue weighted by Crippen LogP contribution is 2.73. The van der Waals surface area contributed by atoms with E-state index in [1.807, 2.05) is 0 Å². The van der Waals surface area contributed by atoms with Crippen LogP contribution in [0.15, 0.2) is 12.2 Å². The van der Waals surface area contributed by atoms with Crippen LogP contribution in [-0.2, 0) is 4.79 Å². The summed E-state index contributed by atoms with van der Waals surface area (Å²) in [5.74, 6) is 1.93. The minimum absolute atomic E-state index is 0.0896. The Labute approximate surface area is 134 Å². The average molecular weight is 302 g/mol. The molecule has 0 aromatic carbocycles. The largest absolute Gasteiger partial charge is 0.396 e. The first kappa shape index (κ1) is 14.9. The van der Waals surface area contributed by atoms with E-state index in [0.29, 0.717) is 29.6 Å². The molecule has 2 nitrogen and oxygen atoms in total. The van der Waals surface area contributed by atoms with Crippen molar-refractivity contribution in [3.8, 4) is 0 Å². The number of fused-ring (bicyclic) bond motifs is 2. The summed E-state index contributed by atoms with van der Waals surface area (Å²) in [5, 5.41) is 10.0. The number of aliphatic hydroxyl groups is 1.